The van der Waals surface area contributed by atoms with Crippen LogP contribution in [-0.2, 0) is 78.1 Å². The second-order valence-electron chi connectivity index (χ2n) is 21.3. The van der Waals surface area contributed by atoms with Crippen LogP contribution in [0.15, 0.2) is 29.3 Å². The molecule has 0 radical (unpaired) electrons. The number of nitrogens with zero attached hydrogens (tertiary/aromatic N) is 1. The number of nitrogens with two attached hydrogens (primary N) is 4. The number of aliphatic imine (C=N–C) groups is 1. The van der Waals surface area contributed by atoms with E-state index in [1.807, 2.05) is 5.32 Å². The van der Waals surface area contributed by atoms with Gasteiger partial charge in [0, 0.05) is 25.8 Å². The number of aliphatic carboxylic acids is 4. The molecule has 0 aliphatic carbocycles. The third kappa shape index (κ3) is 30.7. The predicted octanol–water partition coefficient (Wildman–Crippen LogP) is -5.90. The standard InChI is InChI=1S/C52H83N14O23P/c1-7-24(4)40(65-43(76)29(53)19-23(2)3)49(82)60-31(15-17-38(71)72)45(78)64-35(22-39(73)74)47(80)63-34(21-36(54)68)46(79)59-30(14-16-37(69)70)44(77)62-33(20-27-10-12-28(13-11-27)89-90(86,87)88)48(81)66-41(26(6)67)50(83)58-25(5)42(75)61-32(51(84)85)9-8-18-57-52(55)56/h10-13,23-26,29-35,40-41,67H,7-9,14-22,53H2,1-6H3,(H2,54,68)(H,58,83)(H,59,79)(H,60,82)(H,61,75)(H,62,77)(H,63,80)(H,64,78)(H,65,76)(H,66,81)(H,69,70)(H,71,72)(H,73,74)(H,84,85)(H4,55,56,57)(H2,86,87,88)/t24-,25-,26+,29-,30-,31-,32-,33-,34-,35-,40-,41-/m0/s1. The van der Waals surface area contributed by atoms with E-state index in [2.05, 4.69) is 52.1 Å². The molecule has 37 nitrogen and oxygen atoms in total. The Labute approximate surface area is 515 Å². The summed E-state index contributed by atoms with van der Waals surface area (Å²) in [5, 5.41) is 69.3. The maximum atomic E-state index is 14.3. The van der Waals surface area contributed by atoms with Crippen LogP contribution in [0.4, 0.5) is 0 Å². The third-order valence-electron chi connectivity index (χ3n) is 13.1. The molecule has 0 saturated carbocycles. The first-order chi connectivity index (χ1) is 41.7. The Morgan fingerprint density at radius 3 is 1.43 bits per heavy atom. The maximum Gasteiger partial charge on any atom is 0.524 e. The number of carbonyl (C=O) groups excluding carboxylic acids is 10. The molecule has 0 aromatic heterocycles. The zero-order valence-electron chi connectivity index (χ0n) is 50.2. The summed E-state index contributed by atoms with van der Waals surface area (Å²) in [6.45, 7) is 9.01. The molecular formula is C52H83N14O23P. The second kappa shape index (κ2) is 38.4. The molecule has 10 amide bonds. The van der Waals surface area contributed by atoms with Crippen LogP contribution < -0.4 is 75.3 Å². The number of aliphatic hydroxyl groups excluding tert-OH is 1. The quantitative estimate of drug-likeness (QED) is 0.0125. The lowest BCUT2D eigenvalue weighted by molar-refractivity contribution is -0.143. The molecule has 0 bridgehead atoms. The number of aliphatic hydroxyl groups is 1. The van der Waals surface area contributed by atoms with Gasteiger partial charge in [0.1, 0.15) is 60.1 Å². The van der Waals surface area contributed by atoms with Gasteiger partial charge in [-0.05, 0) is 75.5 Å². The number of rotatable bonds is 42. The lowest BCUT2D eigenvalue weighted by Gasteiger charge is -2.29. The van der Waals surface area contributed by atoms with E-state index >= 15 is 0 Å². The maximum absolute atomic E-state index is 14.3. The van der Waals surface area contributed by atoms with Crippen LogP contribution in [0.3, 0.4) is 0 Å². The minimum absolute atomic E-state index is 0.00776. The molecular weight excluding hydrogens is 1220 g/mol. The van der Waals surface area contributed by atoms with Gasteiger partial charge in [0.05, 0.1) is 25.0 Å². The second-order valence-corrected chi connectivity index (χ2v) is 22.4. The summed E-state index contributed by atoms with van der Waals surface area (Å²) in [6.07, 6.45) is -7.61. The Bertz CT molecular complexity index is 2800. The Hall–Kier alpha value is -9.06. The lowest BCUT2D eigenvalue weighted by Crippen LogP contribution is -2.62. The van der Waals surface area contributed by atoms with Crippen molar-refractivity contribution in [1.29, 1.82) is 0 Å². The largest absolute Gasteiger partial charge is 0.524 e. The number of phosphoric acid groups is 1. The number of phosphoric ester groups is 1. The molecule has 1 aromatic rings. The average Bonchev–Trinajstić information content (AvgIpc) is 2.72. The van der Waals surface area contributed by atoms with Gasteiger partial charge in [0.2, 0.25) is 59.1 Å². The number of carboxylic acid groups (broad SMARTS) is 4. The molecule has 12 atom stereocenters. The smallest absolute Gasteiger partial charge is 0.481 e. The molecule has 0 aliphatic heterocycles. The topological polar surface area (TPSA) is 632 Å². The Balaban J connectivity index is 3.73. The van der Waals surface area contributed by atoms with Gasteiger partial charge in [-0.3, -0.25) is 77.1 Å². The number of carbonyl (C=O) groups is 14. The molecule has 504 valence electrons. The van der Waals surface area contributed by atoms with Crippen LogP contribution in [0.1, 0.15) is 111 Å². The summed E-state index contributed by atoms with van der Waals surface area (Å²) in [7, 11) is -5.09. The molecule has 90 heavy (non-hydrogen) atoms. The lowest BCUT2D eigenvalue weighted by atomic mass is 9.96. The van der Waals surface area contributed by atoms with Crippen LogP contribution in [0.5, 0.6) is 5.75 Å². The van der Waals surface area contributed by atoms with Crippen molar-refractivity contribution in [3.05, 3.63) is 29.8 Å². The highest BCUT2D eigenvalue weighted by Gasteiger charge is 2.38. The summed E-state index contributed by atoms with van der Waals surface area (Å²) in [5.74, 6) is -20.0. The number of nitrogens with one attached hydrogen (secondary N) is 9. The van der Waals surface area contributed by atoms with Crippen LogP contribution in [0.2, 0.25) is 0 Å². The Kier molecular flexibility index (Phi) is 33.7. The molecule has 0 heterocycles. The summed E-state index contributed by atoms with van der Waals surface area (Å²) in [4.78, 5) is 206. The van der Waals surface area contributed by atoms with Crippen LogP contribution in [0, 0.1) is 11.8 Å². The van der Waals surface area contributed by atoms with Gasteiger partial charge >= 0.3 is 31.7 Å². The van der Waals surface area contributed by atoms with E-state index in [9.17, 15) is 107 Å². The minimum atomic E-state index is -5.09. The minimum Gasteiger partial charge on any atom is -0.481 e. The zero-order valence-corrected chi connectivity index (χ0v) is 51.1. The van der Waals surface area contributed by atoms with Gasteiger partial charge in [-0.15, -0.1) is 0 Å². The molecule has 1 aromatic carbocycles. The normalized spacial score (nSPS) is 15.2. The first-order valence-electron chi connectivity index (χ1n) is 28.0. The van der Waals surface area contributed by atoms with Gasteiger partial charge in [0.15, 0.2) is 5.96 Å². The van der Waals surface area contributed by atoms with Crippen molar-refractivity contribution >= 4 is 96.7 Å². The Morgan fingerprint density at radius 2 is 0.989 bits per heavy atom. The van der Waals surface area contributed by atoms with Gasteiger partial charge in [-0.2, -0.15) is 0 Å². The van der Waals surface area contributed by atoms with E-state index in [-0.39, 0.29) is 55.4 Å². The van der Waals surface area contributed by atoms with E-state index in [0.717, 1.165) is 38.1 Å². The highest BCUT2D eigenvalue weighted by molar-refractivity contribution is 7.46. The fourth-order valence-electron chi connectivity index (χ4n) is 8.15. The van der Waals surface area contributed by atoms with E-state index in [4.69, 9.17) is 22.9 Å². The average molecular weight is 1300 g/mol. The van der Waals surface area contributed by atoms with Crippen molar-refractivity contribution in [2.24, 2.45) is 39.8 Å². The van der Waals surface area contributed by atoms with Crippen molar-refractivity contribution in [3.63, 3.8) is 0 Å². The number of amides is 10. The van der Waals surface area contributed by atoms with E-state index in [0.29, 0.717) is 0 Å². The number of guanidine groups is 1. The third-order valence-corrected chi connectivity index (χ3v) is 13.5. The van der Waals surface area contributed by atoms with Gasteiger partial charge < -0.3 is 101 Å². The summed E-state index contributed by atoms with van der Waals surface area (Å²) < 4.78 is 16.0. The highest BCUT2D eigenvalue weighted by atomic mass is 31.2. The van der Waals surface area contributed by atoms with Gasteiger partial charge in [-0.1, -0.05) is 46.2 Å². The zero-order chi connectivity index (χ0) is 68.9. The number of benzene rings is 1. The fraction of sp³-hybridized carbons (Fsp3) is 0.596. The molecule has 0 aliphatic rings. The fourth-order valence-corrected chi connectivity index (χ4v) is 8.55. The Morgan fingerprint density at radius 1 is 0.544 bits per heavy atom. The summed E-state index contributed by atoms with van der Waals surface area (Å²) >= 11 is 0. The molecule has 24 N–H and O–H groups in total. The van der Waals surface area contributed by atoms with Crippen molar-refractivity contribution in [2.45, 2.75) is 179 Å². The molecule has 38 heteroatoms. The SMILES string of the molecule is CC[C@H](C)[C@H](NC(=O)[C@@H](N)CC(C)C)C(=O)N[C@@H](CCC(=O)O)C(=O)N[C@@H](CC(=O)O)C(=O)N[C@@H](CC(N)=O)C(=O)N[C@@H](CCC(=O)O)C(=O)N[C@@H](Cc1ccc(OP(=O)(O)O)cc1)C(=O)N[C@H](C(=O)N[C@@H](C)C(=O)N[C@@H](CCCN=C(N)N)C(=O)O)[C@@H](C)O. The van der Waals surface area contributed by atoms with Crippen molar-refractivity contribution in [3.8, 4) is 5.75 Å². The number of primary amides is 1. The predicted molar refractivity (Wildman–Crippen MR) is 312 cm³/mol. The monoisotopic (exact) mass is 1300 g/mol. The summed E-state index contributed by atoms with van der Waals surface area (Å²) in [5.41, 5.74) is 22.0. The van der Waals surface area contributed by atoms with E-state index in [1.54, 1.807) is 27.7 Å². The highest BCUT2D eigenvalue weighted by Crippen LogP contribution is 2.37. The van der Waals surface area contributed by atoms with Gasteiger partial charge in [-0.25, -0.2) is 9.36 Å². The molecule has 0 unspecified atom stereocenters. The summed E-state index contributed by atoms with van der Waals surface area (Å²) in [6, 6.07) is -13.3. The molecule has 0 spiro atoms. The van der Waals surface area contributed by atoms with Gasteiger partial charge in [0.25, 0.3) is 0 Å². The first-order valence-corrected chi connectivity index (χ1v) is 29.5. The number of hydrogen-bond acceptors (Lipinski definition) is 19. The number of hydrogen-bond donors (Lipinski definition) is 20. The number of carboxylic acids is 4. The van der Waals surface area contributed by atoms with Crippen molar-refractivity contribution in [1.82, 2.24) is 47.9 Å². The van der Waals surface area contributed by atoms with E-state index < -0.39 is 208 Å². The van der Waals surface area contributed by atoms with Crippen LogP contribution in [-0.4, -0.2) is 197 Å². The molecule has 0 saturated heterocycles. The van der Waals surface area contributed by atoms with Crippen molar-refractivity contribution < 1.29 is 112 Å². The van der Waals surface area contributed by atoms with Crippen molar-refractivity contribution in [2.75, 3.05) is 6.54 Å². The first kappa shape index (κ1) is 79.0. The van der Waals surface area contributed by atoms with Crippen LogP contribution in [0.25, 0.3) is 0 Å². The van der Waals surface area contributed by atoms with E-state index in [1.165, 1.54) is 0 Å². The van der Waals surface area contributed by atoms with Crippen LogP contribution >= 0.6 is 7.82 Å². The molecule has 0 fully saturated rings. The molecule has 1 rings (SSSR count).